The number of allylic oxidation sites excluding steroid dienone is 1. The van der Waals surface area contributed by atoms with E-state index in [4.69, 9.17) is 5.11 Å². The van der Waals surface area contributed by atoms with Crippen molar-refractivity contribution in [1.82, 2.24) is 0 Å². The Balaban J connectivity index is 2.57. The van der Waals surface area contributed by atoms with Crippen molar-refractivity contribution in [3.05, 3.63) is 12.7 Å². The fourth-order valence-electron chi connectivity index (χ4n) is 2.18. The van der Waals surface area contributed by atoms with E-state index in [-0.39, 0.29) is 17.4 Å². The van der Waals surface area contributed by atoms with Crippen LogP contribution >= 0.6 is 0 Å². The molecule has 4 nitrogen and oxygen atoms in total. The molecule has 0 aromatic rings. The molecule has 16 heavy (non-hydrogen) atoms. The van der Waals surface area contributed by atoms with Crippen molar-refractivity contribution in [2.75, 3.05) is 11.5 Å². The third-order valence-corrected chi connectivity index (χ3v) is 4.87. The predicted octanol–water partition coefficient (Wildman–Crippen LogP) is 1.48. The summed E-state index contributed by atoms with van der Waals surface area (Å²) in [7, 11) is -2.99. The quantitative estimate of drug-likeness (QED) is 0.569. The van der Waals surface area contributed by atoms with Crippen molar-refractivity contribution < 1.29 is 18.3 Å². The minimum atomic E-state index is -2.99. The van der Waals surface area contributed by atoms with Gasteiger partial charge in [0.2, 0.25) is 0 Å². The van der Waals surface area contributed by atoms with Crippen molar-refractivity contribution >= 4 is 15.8 Å². The molecule has 2 unspecified atom stereocenters. The Kier molecular flexibility index (Phi) is 4.53. The number of hydrogen-bond acceptors (Lipinski definition) is 3. The molecule has 0 spiro atoms. The highest BCUT2D eigenvalue weighted by Crippen LogP contribution is 2.29. The number of rotatable bonds is 6. The van der Waals surface area contributed by atoms with Gasteiger partial charge in [-0.15, -0.1) is 6.58 Å². The molecular formula is C11H18O4S. The molecule has 1 fully saturated rings. The number of carboxylic acids is 1. The van der Waals surface area contributed by atoms with E-state index in [1.165, 1.54) is 0 Å². The number of hydrogen-bond donors (Lipinski definition) is 1. The van der Waals surface area contributed by atoms with E-state index in [0.717, 1.165) is 12.8 Å². The largest absolute Gasteiger partial charge is 0.481 e. The average molecular weight is 246 g/mol. The van der Waals surface area contributed by atoms with Gasteiger partial charge in [0.15, 0.2) is 9.84 Å². The fourth-order valence-corrected chi connectivity index (χ4v) is 4.06. The molecule has 0 bridgehead atoms. The second-order valence-corrected chi connectivity index (χ2v) is 6.56. The summed E-state index contributed by atoms with van der Waals surface area (Å²) < 4.78 is 22.6. The van der Waals surface area contributed by atoms with Crippen LogP contribution in [0.3, 0.4) is 0 Å². The summed E-state index contributed by atoms with van der Waals surface area (Å²) in [4.78, 5) is 11.1. The van der Waals surface area contributed by atoms with Gasteiger partial charge >= 0.3 is 5.97 Å². The summed E-state index contributed by atoms with van der Waals surface area (Å²) in [5.41, 5.74) is 0. The zero-order valence-corrected chi connectivity index (χ0v) is 10.1. The molecule has 0 aliphatic carbocycles. The second-order valence-electron chi connectivity index (χ2n) is 4.33. The molecule has 0 saturated carbocycles. The van der Waals surface area contributed by atoms with Crippen LogP contribution in [0, 0.1) is 11.8 Å². The van der Waals surface area contributed by atoms with Crippen molar-refractivity contribution in [3.63, 3.8) is 0 Å². The van der Waals surface area contributed by atoms with Crippen LogP contribution in [0.4, 0.5) is 0 Å². The minimum Gasteiger partial charge on any atom is -0.481 e. The number of unbranched alkanes of at least 4 members (excludes halogenated alkanes) is 1. The lowest BCUT2D eigenvalue weighted by Gasteiger charge is -2.17. The van der Waals surface area contributed by atoms with Crippen LogP contribution in [0.25, 0.3) is 0 Å². The second kappa shape index (κ2) is 5.48. The minimum absolute atomic E-state index is 0.0397. The van der Waals surface area contributed by atoms with Crippen molar-refractivity contribution in [3.8, 4) is 0 Å². The first-order chi connectivity index (χ1) is 7.46. The topological polar surface area (TPSA) is 71.4 Å². The predicted molar refractivity (Wildman–Crippen MR) is 61.9 cm³/mol. The third-order valence-electron chi connectivity index (χ3n) is 3.08. The molecule has 5 heteroatoms. The van der Waals surface area contributed by atoms with E-state index in [2.05, 4.69) is 6.58 Å². The van der Waals surface area contributed by atoms with E-state index in [1.807, 2.05) is 0 Å². The molecule has 0 radical (unpaired) electrons. The van der Waals surface area contributed by atoms with E-state index in [1.54, 1.807) is 6.08 Å². The number of carbonyl (C=O) groups is 1. The first-order valence-corrected chi connectivity index (χ1v) is 7.32. The van der Waals surface area contributed by atoms with Crippen LogP contribution in [0.2, 0.25) is 0 Å². The van der Waals surface area contributed by atoms with Crippen LogP contribution in [0.5, 0.6) is 0 Å². The maximum atomic E-state index is 11.3. The summed E-state index contributed by atoms with van der Waals surface area (Å²) in [6, 6.07) is 0. The molecule has 2 atom stereocenters. The highest BCUT2D eigenvalue weighted by Gasteiger charge is 2.36. The first kappa shape index (κ1) is 13.2. The van der Waals surface area contributed by atoms with Gasteiger partial charge in [0.1, 0.15) is 0 Å². The standard InChI is InChI=1S/C11H18O4S/c1-2-3-4-5-10(11(12)13)9-6-7-16(14,15)8-9/h2,9-10H,1,3-8H2,(H,12,13). The van der Waals surface area contributed by atoms with Crippen LogP contribution in [-0.4, -0.2) is 31.0 Å². The molecular weight excluding hydrogens is 228 g/mol. The molecule has 0 aromatic carbocycles. The molecule has 1 aliphatic rings. The van der Waals surface area contributed by atoms with Gasteiger partial charge < -0.3 is 5.11 Å². The molecule has 1 aliphatic heterocycles. The van der Waals surface area contributed by atoms with Gasteiger partial charge in [-0.2, -0.15) is 0 Å². The monoisotopic (exact) mass is 246 g/mol. The zero-order chi connectivity index (χ0) is 12.2. The Labute approximate surface area is 96.3 Å². The molecule has 1 heterocycles. The van der Waals surface area contributed by atoms with E-state index in [0.29, 0.717) is 12.8 Å². The van der Waals surface area contributed by atoms with Crippen molar-refractivity contribution in [2.24, 2.45) is 11.8 Å². The number of sulfone groups is 1. The van der Waals surface area contributed by atoms with Crippen LogP contribution < -0.4 is 0 Å². The molecule has 0 aromatic heterocycles. The number of aliphatic carboxylic acids is 1. The summed E-state index contributed by atoms with van der Waals surface area (Å²) in [6.07, 6.45) is 4.33. The maximum absolute atomic E-state index is 11.3. The normalized spacial score (nSPS) is 25.1. The summed E-state index contributed by atoms with van der Waals surface area (Å²) in [5, 5.41) is 9.08. The van der Waals surface area contributed by atoms with Crippen LogP contribution in [-0.2, 0) is 14.6 Å². The summed E-state index contributed by atoms with van der Waals surface area (Å²) in [6.45, 7) is 3.58. The van der Waals surface area contributed by atoms with E-state index >= 15 is 0 Å². The molecule has 1 saturated heterocycles. The lowest BCUT2D eigenvalue weighted by Crippen LogP contribution is -2.24. The summed E-state index contributed by atoms with van der Waals surface area (Å²) in [5.74, 6) is -1.41. The lowest BCUT2D eigenvalue weighted by molar-refractivity contribution is -0.143. The molecule has 0 amide bonds. The Morgan fingerprint density at radius 2 is 2.25 bits per heavy atom. The van der Waals surface area contributed by atoms with Gasteiger partial charge in [0.05, 0.1) is 17.4 Å². The summed E-state index contributed by atoms with van der Waals surface area (Å²) >= 11 is 0. The van der Waals surface area contributed by atoms with Crippen molar-refractivity contribution in [1.29, 1.82) is 0 Å². The average Bonchev–Trinajstić information content (AvgIpc) is 2.53. The third kappa shape index (κ3) is 3.63. The Morgan fingerprint density at radius 1 is 1.56 bits per heavy atom. The smallest absolute Gasteiger partial charge is 0.306 e. The van der Waals surface area contributed by atoms with Gasteiger partial charge in [0, 0.05) is 0 Å². The van der Waals surface area contributed by atoms with Crippen LogP contribution in [0.15, 0.2) is 12.7 Å². The van der Waals surface area contributed by atoms with E-state index < -0.39 is 21.7 Å². The Morgan fingerprint density at radius 3 is 2.69 bits per heavy atom. The SMILES string of the molecule is C=CCCCC(C(=O)O)C1CCS(=O)(=O)C1. The zero-order valence-electron chi connectivity index (χ0n) is 9.26. The van der Waals surface area contributed by atoms with Gasteiger partial charge in [-0.25, -0.2) is 8.42 Å². The Hall–Kier alpha value is -0.840. The highest BCUT2D eigenvalue weighted by molar-refractivity contribution is 7.91. The van der Waals surface area contributed by atoms with Gasteiger partial charge in [-0.05, 0) is 31.6 Å². The van der Waals surface area contributed by atoms with Gasteiger partial charge in [-0.1, -0.05) is 6.08 Å². The lowest BCUT2D eigenvalue weighted by atomic mass is 9.87. The molecule has 1 N–H and O–H groups in total. The van der Waals surface area contributed by atoms with Gasteiger partial charge in [-0.3, -0.25) is 4.79 Å². The first-order valence-electron chi connectivity index (χ1n) is 5.50. The fraction of sp³-hybridized carbons (Fsp3) is 0.727. The van der Waals surface area contributed by atoms with Crippen LogP contribution in [0.1, 0.15) is 25.7 Å². The molecule has 1 rings (SSSR count). The highest BCUT2D eigenvalue weighted by atomic mass is 32.2. The number of carboxylic acid groups (broad SMARTS) is 1. The Bertz CT molecular complexity index is 358. The van der Waals surface area contributed by atoms with Crippen molar-refractivity contribution in [2.45, 2.75) is 25.7 Å². The molecule has 92 valence electrons. The van der Waals surface area contributed by atoms with E-state index in [9.17, 15) is 13.2 Å². The van der Waals surface area contributed by atoms with Gasteiger partial charge in [0.25, 0.3) is 0 Å². The maximum Gasteiger partial charge on any atom is 0.306 e.